The molecule has 21 heavy (non-hydrogen) atoms. The van der Waals surface area contributed by atoms with Crippen molar-refractivity contribution in [2.24, 2.45) is 0 Å². The number of hydrogen-bond acceptors (Lipinski definition) is 3. The van der Waals surface area contributed by atoms with Gasteiger partial charge in [0.25, 0.3) is 0 Å². The Hall–Kier alpha value is -1.71. The van der Waals surface area contributed by atoms with Crippen LogP contribution >= 0.6 is 0 Å². The van der Waals surface area contributed by atoms with Gasteiger partial charge in [-0.1, -0.05) is 32.6 Å². The number of amides is 1. The number of hydrogen-bond donors (Lipinski definition) is 1. The maximum absolute atomic E-state index is 11.5. The summed E-state index contributed by atoms with van der Waals surface area (Å²) in [5.41, 5.74) is 0.931. The van der Waals surface area contributed by atoms with E-state index in [-0.39, 0.29) is 5.91 Å². The van der Waals surface area contributed by atoms with Crippen LogP contribution in [0, 0.1) is 0 Å². The zero-order valence-electron chi connectivity index (χ0n) is 13.5. The van der Waals surface area contributed by atoms with E-state index in [4.69, 9.17) is 4.74 Å². The molecule has 0 aliphatic heterocycles. The van der Waals surface area contributed by atoms with Gasteiger partial charge in [0.15, 0.2) is 0 Å². The Kier molecular flexibility index (Phi) is 8.32. The standard InChI is InChI=1S/C17H28N2O2/c1-4-5-6-7-8-13-21-16-11-9-15(10-12-16)18-14-17(20)19(2)3/h9-12,18H,4-8,13-14H2,1-3H3. The van der Waals surface area contributed by atoms with Gasteiger partial charge in [0.2, 0.25) is 5.91 Å². The Bertz CT molecular complexity index is 402. The van der Waals surface area contributed by atoms with Crippen molar-refractivity contribution in [2.45, 2.75) is 39.0 Å². The fourth-order valence-electron chi connectivity index (χ4n) is 1.90. The summed E-state index contributed by atoms with van der Waals surface area (Å²) in [4.78, 5) is 13.0. The van der Waals surface area contributed by atoms with E-state index in [0.29, 0.717) is 6.54 Å². The number of carbonyl (C=O) groups excluding carboxylic acids is 1. The molecule has 4 heteroatoms. The van der Waals surface area contributed by atoms with Gasteiger partial charge in [-0.25, -0.2) is 0 Å². The monoisotopic (exact) mass is 292 g/mol. The van der Waals surface area contributed by atoms with Crippen LogP contribution in [0.25, 0.3) is 0 Å². The van der Waals surface area contributed by atoms with Crippen LogP contribution in [0.4, 0.5) is 5.69 Å². The number of benzene rings is 1. The summed E-state index contributed by atoms with van der Waals surface area (Å²) < 4.78 is 5.70. The van der Waals surface area contributed by atoms with Crippen LogP contribution in [0.3, 0.4) is 0 Å². The fraction of sp³-hybridized carbons (Fsp3) is 0.588. The predicted octanol–water partition coefficient (Wildman–Crippen LogP) is 3.54. The number of ether oxygens (including phenoxy) is 1. The molecule has 0 bridgehead atoms. The third-order valence-electron chi connectivity index (χ3n) is 3.31. The summed E-state index contributed by atoms with van der Waals surface area (Å²) in [6.07, 6.45) is 6.22. The molecule has 0 atom stereocenters. The van der Waals surface area contributed by atoms with Gasteiger partial charge in [0, 0.05) is 19.8 Å². The van der Waals surface area contributed by atoms with Gasteiger partial charge in [-0.05, 0) is 30.7 Å². The molecule has 0 fully saturated rings. The SMILES string of the molecule is CCCCCCCOc1ccc(NCC(=O)N(C)C)cc1. The normalized spacial score (nSPS) is 10.2. The first kappa shape index (κ1) is 17.3. The van der Waals surface area contributed by atoms with Crippen molar-refractivity contribution in [3.8, 4) is 5.75 Å². The lowest BCUT2D eigenvalue weighted by atomic mass is 10.2. The van der Waals surface area contributed by atoms with Crippen molar-refractivity contribution < 1.29 is 9.53 Å². The quantitative estimate of drug-likeness (QED) is 0.671. The number of nitrogens with one attached hydrogen (secondary N) is 1. The van der Waals surface area contributed by atoms with Crippen LogP contribution in [-0.2, 0) is 4.79 Å². The van der Waals surface area contributed by atoms with Crippen molar-refractivity contribution in [1.82, 2.24) is 4.90 Å². The van der Waals surface area contributed by atoms with Gasteiger partial charge in [0.05, 0.1) is 13.2 Å². The van der Waals surface area contributed by atoms with Gasteiger partial charge in [-0.2, -0.15) is 0 Å². The fourth-order valence-corrected chi connectivity index (χ4v) is 1.90. The molecule has 0 heterocycles. The Morgan fingerprint density at radius 2 is 1.76 bits per heavy atom. The average molecular weight is 292 g/mol. The van der Waals surface area contributed by atoms with E-state index >= 15 is 0 Å². The highest BCUT2D eigenvalue weighted by molar-refractivity contribution is 5.80. The maximum Gasteiger partial charge on any atom is 0.241 e. The number of rotatable bonds is 10. The van der Waals surface area contributed by atoms with Crippen LogP contribution in [-0.4, -0.2) is 38.1 Å². The van der Waals surface area contributed by atoms with E-state index in [9.17, 15) is 4.79 Å². The smallest absolute Gasteiger partial charge is 0.241 e. The van der Waals surface area contributed by atoms with Crippen LogP contribution in [0.2, 0.25) is 0 Å². The first-order chi connectivity index (χ1) is 10.1. The van der Waals surface area contributed by atoms with Crippen LogP contribution in [0.15, 0.2) is 24.3 Å². The van der Waals surface area contributed by atoms with E-state index < -0.39 is 0 Å². The summed E-state index contributed by atoms with van der Waals surface area (Å²) in [6.45, 7) is 3.30. The first-order valence-electron chi connectivity index (χ1n) is 7.80. The molecule has 0 saturated carbocycles. The Morgan fingerprint density at radius 1 is 1.10 bits per heavy atom. The Morgan fingerprint density at radius 3 is 2.38 bits per heavy atom. The molecular formula is C17H28N2O2. The largest absolute Gasteiger partial charge is 0.494 e. The Labute approximate surface area is 128 Å². The molecule has 0 unspecified atom stereocenters. The van der Waals surface area contributed by atoms with E-state index in [2.05, 4.69) is 12.2 Å². The van der Waals surface area contributed by atoms with Crippen molar-refractivity contribution in [3.63, 3.8) is 0 Å². The third kappa shape index (κ3) is 7.59. The molecule has 0 saturated heterocycles. The van der Waals surface area contributed by atoms with E-state index in [1.807, 2.05) is 24.3 Å². The predicted molar refractivity (Wildman–Crippen MR) is 87.9 cm³/mol. The summed E-state index contributed by atoms with van der Waals surface area (Å²) in [6, 6.07) is 7.76. The van der Waals surface area contributed by atoms with Crippen molar-refractivity contribution in [1.29, 1.82) is 0 Å². The van der Waals surface area contributed by atoms with E-state index in [0.717, 1.165) is 24.5 Å². The van der Waals surface area contributed by atoms with Gasteiger partial charge >= 0.3 is 0 Å². The van der Waals surface area contributed by atoms with Crippen LogP contribution in [0.5, 0.6) is 5.75 Å². The molecule has 0 aliphatic carbocycles. The molecule has 0 spiro atoms. The molecular weight excluding hydrogens is 264 g/mol. The molecule has 0 aromatic heterocycles. The van der Waals surface area contributed by atoms with Gasteiger partial charge < -0.3 is 15.0 Å². The molecule has 4 nitrogen and oxygen atoms in total. The minimum Gasteiger partial charge on any atom is -0.494 e. The third-order valence-corrected chi connectivity index (χ3v) is 3.31. The summed E-state index contributed by atoms with van der Waals surface area (Å²) >= 11 is 0. The minimum atomic E-state index is 0.0578. The van der Waals surface area contributed by atoms with Crippen LogP contribution < -0.4 is 10.1 Å². The van der Waals surface area contributed by atoms with Gasteiger partial charge in [-0.3, -0.25) is 4.79 Å². The second kappa shape index (κ2) is 10.1. The topological polar surface area (TPSA) is 41.6 Å². The molecule has 1 N–H and O–H groups in total. The highest BCUT2D eigenvalue weighted by Gasteiger charge is 2.03. The number of unbranched alkanes of at least 4 members (excludes halogenated alkanes) is 4. The van der Waals surface area contributed by atoms with Crippen LogP contribution in [0.1, 0.15) is 39.0 Å². The van der Waals surface area contributed by atoms with Gasteiger partial charge in [-0.15, -0.1) is 0 Å². The molecule has 0 radical (unpaired) electrons. The van der Waals surface area contributed by atoms with Crippen molar-refractivity contribution >= 4 is 11.6 Å². The van der Waals surface area contributed by atoms with Crippen molar-refractivity contribution in [2.75, 3.05) is 32.6 Å². The zero-order chi connectivity index (χ0) is 15.5. The molecule has 0 aliphatic rings. The summed E-state index contributed by atoms with van der Waals surface area (Å²) in [5, 5.41) is 3.10. The lowest BCUT2D eigenvalue weighted by Gasteiger charge is -2.12. The zero-order valence-corrected chi connectivity index (χ0v) is 13.5. The molecule has 1 amide bonds. The number of likely N-dealkylation sites (N-methyl/N-ethyl adjacent to an activating group) is 1. The van der Waals surface area contributed by atoms with E-state index in [1.165, 1.54) is 25.7 Å². The second-order valence-electron chi connectivity index (χ2n) is 5.43. The highest BCUT2D eigenvalue weighted by atomic mass is 16.5. The maximum atomic E-state index is 11.5. The Balaban J connectivity index is 2.22. The summed E-state index contributed by atoms with van der Waals surface area (Å²) in [5.74, 6) is 0.942. The van der Waals surface area contributed by atoms with Gasteiger partial charge in [0.1, 0.15) is 5.75 Å². The number of carbonyl (C=O) groups is 1. The number of nitrogens with zero attached hydrogens (tertiary/aromatic N) is 1. The van der Waals surface area contributed by atoms with Crippen molar-refractivity contribution in [3.05, 3.63) is 24.3 Å². The van der Waals surface area contributed by atoms with E-state index in [1.54, 1.807) is 19.0 Å². The highest BCUT2D eigenvalue weighted by Crippen LogP contribution is 2.16. The summed E-state index contributed by atoms with van der Waals surface area (Å²) in [7, 11) is 3.50. The average Bonchev–Trinajstić information content (AvgIpc) is 2.49. The lowest BCUT2D eigenvalue weighted by Crippen LogP contribution is -2.28. The first-order valence-corrected chi connectivity index (χ1v) is 7.80. The molecule has 1 aromatic carbocycles. The molecule has 118 valence electrons. The lowest BCUT2D eigenvalue weighted by molar-refractivity contribution is -0.126. The second-order valence-corrected chi connectivity index (χ2v) is 5.43. The molecule has 1 aromatic rings. The molecule has 1 rings (SSSR count). The minimum absolute atomic E-state index is 0.0578. The number of anilines is 1.